The molecular weight excluding hydrogens is 294 g/mol. The number of rotatable bonds is 5. The number of nitrogens with zero attached hydrogens (tertiary/aromatic N) is 1. The number of halogens is 1. The zero-order valence-corrected chi connectivity index (χ0v) is 12.1. The molecule has 1 aromatic carbocycles. The first kappa shape index (κ1) is 13.4. The molecule has 0 N–H and O–H groups in total. The zero-order valence-electron chi connectivity index (χ0n) is 10.6. The lowest BCUT2D eigenvalue weighted by molar-refractivity contribution is 0.0599. The van der Waals surface area contributed by atoms with Gasteiger partial charge in [-0.2, -0.15) is 0 Å². The molecule has 0 spiro atoms. The summed E-state index contributed by atoms with van der Waals surface area (Å²) in [5, 5.41) is 0.819. The van der Waals surface area contributed by atoms with E-state index in [9.17, 15) is 4.79 Å². The molecule has 98 valence electrons. The van der Waals surface area contributed by atoms with E-state index in [1.807, 2.05) is 29.2 Å². The van der Waals surface area contributed by atoms with Crippen LogP contribution in [0.25, 0.3) is 0 Å². The maximum Gasteiger partial charge on any atom is 0.254 e. The molecule has 0 saturated heterocycles. The Morgan fingerprint density at radius 1 is 1.50 bits per heavy atom. The molecule has 18 heavy (non-hydrogen) atoms. The Morgan fingerprint density at radius 3 is 2.83 bits per heavy atom. The van der Waals surface area contributed by atoms with E-state index in [0.717, 1.165) is 30.5 Å². The van der Waals surface area contributed by atoms with Crippen LogP contribution in [0.2, 0.25) is 0 Å². The Bertz CT molecular complexity index is 418. The number of carbonyl (C=O) groups excluding carboxylic acids is 1. The van der Waals surface area contributed by atoms with E-state index in [1.165, 1.54) is 6.42 Å². The summed E-state index contributed by atoms with van der Waals surface area (Å²) in [5.74, 6) is 0.839. The second-order valence-corrected chi connectivity index (χ2v) is 5.30. The predicted octanol–water partition coefficient (Wildman–Crippen LogP) is 3.08. The lowest BCUT2D eigenvalue weighted by Gasteiger charge is -2.37. The lowest BCUT2D eigenvalue weighted by Crippen LogP contribution is -2.45. The van der Waals surface area contributed by atoms with Crippen molar-refractivity contribution in [1.82, 2.24) is 4.90 Å². The van der Waals surface area contributed by atoms with Crippen molar-refractivity contribution >= 4 is 21.8 Å². The molecule has 0 atom stereocenters. The van der Waals surface area contributed by atoms with Crippen LogP contribution in [0.4, 0.5) is 0 Å². The standard InChI is InChI=1S/C14H18BrNO2/c1-18-13-7-2-4-11(10-13)14(17)16(9-8-15)12-5-3-6-12/h2,4,7,10,12H,3,5-6,8-9H2,1H3. The van der Waals surface area contributed by atoms with Gasteiger partial charge in [0, 0.05) is 23.5 Å². The average molecular weight is 312 g/mol. The third kappa shape index (κ3) is 2.86. The third-order valence-corrected chi connectivity index (χ3v) is 3.77. The molecule has 3 nitrogen and oxygen atoms in total. The van der Waals surface area contributed by atoms with Crippen molar-refractivity contribution in [2.24, 2.45) is 0 Å². The van der Waals surface area contributed by atoms with Gasteiger partial charge >= 0.3 is 0 Å². The highest BCUT2D eigenvalue weighted by Crippen LogP contribution is 2.26. The molecule has 1 aliphatic carbocycles. The topological polar surface area (TPSA) is 29.5 Å². The molecule has 0 unspecified atom stereocenters. The van der Waals surface area contributed by atoms with Crippen LogP contribution in [-0.2, 0) is 0 Å². The maximum atomic E-state index is 12.5. The van der Waals surface area contributed by atoms with E-state index >= 15 is 0 Å². The fourth-order valence-electron chi connectivity index (χ4n) is 2.16. The number of methoxy groups -OCH3 is 1. The minimum atomic E-state index is 0.109. The van der Waals surface area contributed by atoms with E-state index in [2.05, 4.69) is 15.9 Å². The fraction of sp³-hybridized carbons (Fsp3) is 0.500. The van der Waals surface area contributed by atoms with E-state index in [0.29, 0.717) is 11.6 Å². The van der Waals surface area contributed by atoms with Gasteiger partial charge in [-0.3, -0.25) is 4.79 Å². The number of ether oxygens (including phenoxy) is 1. The van der Waals surface area contributed by atoms with Gasteiger partial charge in [0.15, 0.2) is 0 Å². The largest absolute Gasteiger partial charge is 0.497 e. The van der Waals surface area contributed by atoms with E-state index in [-0.39, 0.29) is 5.91 Å². The van der Waals surface area contributed by atoms with Crippen LogP contribution < -0.4 is 4.74 Å². The summed E-state index contributed by atoms with van der Waals surface area (Å²) < 4.78 is 5.17. The Morgan fingerprint density at radius 2 is 2.28 bits per heavy atom. The van der Waals surface area contributed by atoms with Crippen molar-refractivity contribution in [3.05, 3.63) is 29.8 Å². The second-order valence-electron chi connectivity index (χ2n) is 4.50. The fourth-order valence-corrected chi connectivity index (χ4v) is 2.54. The highest BCUT2D eigenvalue weighted by Gasteiger charge is 2.28. The molecular formula is C14H18BrNO2. The van der Waals surface area contributed by atoms with Gasteiger partial charge in [-0.15, -0.1) is 0 Å². The van der Waals surface area contributed by atoms with E-state index in [1.54, 1.807) is 7.11 Å². The minimum Gasteiger partial charge on any atom is -0.497 e. The minimum absolute atomic E-state index is 0.109. The average Bonchev–Trinajstić information content (AvgIpc) is 2.35. The molecule has 1 aromatic rings. The predicted molar refractivity (Wildman–Crippen MR) is 75.5 cm³/mol. The Balaban J connectivity index is 2.15. The van der Waals surface area contributed by atoms with Crippen molar-refractivity contribution in [1.29, 1.82) is 0 Å². The van der Waals surface area contributed by atoms with Crippen molar-refractivity contribution in [2.75, 3.05) is 19.0 Å². The molecule has 0 bridgehead atoms. The number of amides is 1. The summed E-state index contributed by atoms with van der Waals surface area (Å²) in [5.41, 5.74) is 0.710. The number of carbonyl (C=O) groups is 1. The zero-order chi connectivity index (χ0) is 13.0. The van der Waals surface area contributed by atoms with Crippen LogP contribution in [0.5, 0.6) is 5.75 Å². The van der Waals surface area contributed by atoms with Gasteiger partial charge < -0.3 is 9.64 Å². The number of hydrogen-bond donors (Lipinski definition) is 0. The SMILES string of the molecule is COc1cccc(C(=O)N(CCBr)C2CCC2)c1. The maximum absolute atomic E-state index is 12.5. The normalized spacial score (nSPS) is 15.0. The van der Waals surface area contributed by atoms with Crippen LogP contribution in [0.1, 0.15) is 29.6 Å². The van der Waals surface area contributed by atoms with Crippen molar-refractivity contribution in [3.63, 3.8) is 0 Å². The highest BCUT2D eigenvalue weighted by atomic mass is 79.9. The first-order valence-electron chi connectivity index (χ1n) is 6.27. The van der Waals surface area contributed by atoms with E-state index in [4.69, 9.17) is 4.74 Å². The van der Waals surface area contributed by atoms with Gasteiger partial charge in [0.25, 0.3) is 5.91 Å². The number of alkyl halides is 1. The number of benzene rings is 1. The van der Waals surface area contributed by atoms with Gasteiger partial charge in [-0.25, -0.2) is 0 Å². The van der Waals surface area contributed by atoms with Crippen LogP contribution in [0, 0.1) is 0 Å². The summed E-state index contributed by atoms with van der Waals surface area (Å²) in [6, 6.07) is 7.79. The summed E-state index contributed by atoms with van der Waals surface area (Å²) in [4.78, 5) is 14.5. The summed E-state index contributed by atoms with van der Waals surface area (Å²) in [6.45, 7) is 0.765. The quantitative estimate of drug-likeness (QED) is 0.782. The molecule has 0 aliphatic heterocycles. The second kappa shape index (κ2) is 6.23. The molecule has 1 amide bonds. The van der Waals surface area contributed by atoms with Gasteiger partial charge in [-0.1, -0.05) is 22.0 Å². The van der Waals surface area contributed by atoms with Crippen molar-refractivity contribution in [2.45, 2.75) is 25.3 Å². The first-order valence-corrected chi connectivity index (χ1v) is 7.39. The highest BCUT2D eigenvalue weighted by molar-refractivity contribution is 9.09. The Hall–Kier alpha value is -1.03. The van der Waals surface area contributed by atoms with Crippen LogP contribution in [0.15, 0.2) is 24.3 Å². The van der Waals surface area contributed by atoms with Crippen LogP contribution in [0.3, 0.4) is 0 Å². The Labute approximate surface area is 116 Å². The molecule has 0 heterocycles. The molecule has 1 saturated carbocycles. The third-order valence-electron chi connectivity index (χ3n) is 3.42. The van der Waals surface area contributed by atoms with Crippen LogP contribution in [-0.4, -0.2) is 35.8 Å². The molecule has 0 radical (unpaired) electrons. The summed E-state index contributed by atoms with van der Waals surface area (Å²) in [6.07, 6.45) is 3.49. The molecule has 1 aliphatic rings. The number of hydrogen-bond acceptors (Lipinski definition) is 2. The summed E-state index contributed by atoms with van der Waals surface area (Å²) in [7, 11) is 1.62. The van der Waals surface area contributed by atoms with Crippen molar-refractivity contribution in [3.8, 4) is 5.75 Å². The molecule has 2 rings (SSSR count). The smallest absolute Gasteiger partial charge is 0.254 e. The van der Waals surface area contributed by atoms with Gasteiger partial charge in [0.2, 0.25) is 0 Å². The van der Waals surface area contributed by atoms with Gasteiger partial charge in [0.05, 0.1) is 7.11 Å². The summed E-state index contributed by atoms with van der Waals surface area (Å²) >= 11 is 3.42. The Kier molecular flexibility index (Phi) is 4.64. The van der Waals surface area contributed by atoms with Crippen molar-refractivity contribution < 1.29 is 9.53 Å². The lowest BCUT2D eigenvalue weighted by atomic mass is 9.91. The first-order chi connectivity index (χ1) is 8.76. The monoisotopic (exact) mass is 311 g/mol. The van der Waals surface area contributed by atoms with Crippen LogP contribution >= 0.6 is 15.9 Å². The molecule has 1 fully saturated rings. The van der Waals surface area contributed by atoms with Gasteiger partial charge in [-0.05, 0) is 37.5 Å². The molecule has 0 aromatic heterocycles. The van der Waals surface area contributed by atoms with E-state index < -0.39 is 0 Å². The van der Waals surface area contributed by atoms with Gasteiger partial charge in [0.1, 0.15) is 5.75 Å². The molecule has 4 heteroatoms.